The highest BCUT2D eigenvalue weighted by Gasteiger charge is 2.19. The maximum Gasteiger partial charge on any atom is 0.292 e. The SMILES string of the molecule is CCc1cccc(CC)c1CC(=O)C(=O)Nc1c(CC)cccc1CC. The van der Waals surface area contributed by atoms with E-state index in [9.17, 15) is 9.59 Å². The fourth-order valence-electron chi connectivity index (χ4n) is 3.40. The highest BCUT2D eigenvalue weighted by atomic mass is 16.2. The smallest absolute Gasteiger partial charge is 0.292 e. The fourth-order valence-corrected chi connectivity index (χ4v) is 3.40. The average Bonchev–Trinajstić information content (AvgIpc) is 2.67. The van der Waals surface area contributed by atoms with E-state index in [1.165, 1.54) is 0 Å². The molecule has 0 radical (unpaired) electrons. The summed E-state index contributed by atoms with van der Waals surface area (Å²) in [6, 6.07) is 12.1. The van der Waals surface area contributed by atoms with Crippen LogP contribution >= 0.6 is 0 Å². The number of Topliss-reactive ketones (excluding diaryl/α,β-unsaturated/α-hetero) is 1. The number of anilines is 1. The van der Waals surface area contributed by atoms with Crippen LogP contribution in [0.5, 0.6) is 0 Å². The van der Waals surface area contributed by atoms with Crippen molar-refractivity contribution in [1.29, 1.82) is 0 Å². The van der Waals surface area contributed by atoms with Gasteiger partial charge in [0, 0.05) is 12.1 Å². The maximum atomic E-state index is 12.6. The minimum atomic E-state index is -0.520. The molecule has 1 amide bonds. The Morgan fingerprint density at radius 1 is 0.731 bits per heavy atom. The molecule has 138 valence electrons. The summed E-state index contributed by atoms with van der Waals surface area (Å²) in [5.41, 5.74) is 6.23. The van der Waals surface area contributed by atoms with Gasteiger partial charge in [0.2, 0.25) is 5.78 Å². The second-order valence-electron chi connectivity index (χ2n) is 6.47. The molecule has 1 N–H and O–H groups in total. The number of ketones is 1. The topological polar surface area (TPSA) is 46.2 Å². The van der Waals surface area contributed by atoms with Crippen LogP contribution in [-0.2, 0) is 41.7 Å². The fraction of sp³-hybridized carbons (Fsp3) is 0.391. The van der Waals surface area contributed by atoms with Crippen molar-refractivity contribution in [2.24, 2.45) is 0 Å². The minimum absolute atomic E-state index is 0.161. The summed E-state index contributed by atoms with van der Waals surface area (Å²) in [7, 11) is 0. The Labute approximate surface area is 156 Å². The first-order valence-electron chi connectivity index (χ1n) is 9.60. The highest BCUT2D eigenvalue weighted by Crippen LogP contribution is 2.23. The van der Waals surface area contributed by atoms with Crippen molar-refractivity contribution in [2.45, 2.75) is 59.8 Å². The number of carbonyl (C=O) groups is 2. The van der Waals surface area contributed by atoms with E-state index in [1.54, 1.807) is 0 Å². The van der Waals surface area contributed by atoms with Crippen molar-refractivity contribution < 1.29 is 9.59 Å². The molecule has 0 atom stereocenters. The van der Waals surface area contributed by atoms with Crippen LogP contribution in [0.15, 0.2) is 36.4 Å². The molecule has 0 spiro atoms. The third-order valence-electron chi connectivity index (χ3n) is 4.96. The lowest BCUT2D eigenvalue weighted by Crippen LogP contribution is -2.26. The Kier molecular flexibility index (Phi) is 7.14. The molecular weight excluding hydrogens is 322 g/mol. The summed E-state index contributed by atoms with van der Waals surface area (Å²) in [6.45, 7) is 8.26. The molecule has 3 nitrogen and oxygen atoms in total. The van der Waals surface area contributed by atoms with E-state index >= 15 is 0 Å². The molecular formula is C23H29NO2. The average molecular weight is 351 g/mol. The number of benzene rings is 2. The number of hydrogen-bond acceptors (Lipinski definition) is 2. The summed E-state index contributed by atoms with van der Waals surface area (Å²) < 4.78 is 0. The van der Waals surface area contributed by atoms with Crippen LogP contribution in [0.4, 0.5) is 5.69 Å². The molecule has 0 aliphatic rings. The number of rotatable bonds is 8. The predicted octanol–water partition coefficient (Wildman–Crippen LogP) is 4.69. The van der Waals surface area contributed by atoms with Gasteiger partial charge in [0.1, 0.15) is 0 Å². The molecule has 0 aliphatic heterocycles. The van der Waals surface area contributed by atoms with Gasteiger partial charge in [0.05, 0.1) is 0 Å². The molecule has 0 saturated carbocycles. The summed E-state index contributed by atoms with van der Waals surface area (Å²) in [4.78, 5) is 25.2. The highest BCUT2D eigenvalue weighted by molar-refractivity contribution is 6.41. The van der Waals surface area contributed by atoms with E-state index in [2.05, 4.69) is 33.0 Å². The molecule has 0 saturated heterocycles. The minimum Gasteiger partial charge on any atom is -0.319 e. The van der Waals surface area contributed by atoms with Gasteiger partial charge in [0.25, 0.3) is 5.91 Å². The Morgan fingerprint density at radius 3 is 1.58 bits per heavy atom. The van der Waals surface area contributed by atoms with Crippen LogP contribution in [0, 0.1) is 0 Å². The Bertz CT molecular complexity index is 681. The lowest BCUT2D eigenvalue weighted by Gasteiger charge is -2.15. The molecule has 0 unspecified atom stereocenters. The summed E-state index contributed by atoms with van der Waals surface area (Å²) in [5, 5.41) is 2.89. The van der Waals surface area contributed by atoms with Crippen LogP contribution < -0.4 is 5.32 Å². The van der Waals surface area contributed by atoms with Gasteiger partial charge in [-0.3, -0.25) is 9.59 Å². The number of carbonyl (C=O) groups excluding carboxylic acids is 2. The normalized spacial score (nSPS) is 10.6. The predicted molar refractivity (Wildman–Crippen MR) is 108 cm³/mol. The first-order valence-corrected chi connectivity index (χ1v) is 9.60. The lowest BCUT2D eigenvalue weighted by molar-refractivity contribution is -0.134. The monoisotopic (exact) mass is 351 g/mol. The van der Waals surface area contributed by atoms with Gasteiger partial charge in [-0.25, -0.2) is 0 Å². The molecule has 26 heavy (non-hydrogen) atoms. The summed E-state index contributed by atoms with van der Waals surface area (Å²) >= 11 is 0. The molecule has 2 rings (SSSR count). The maximum absolute atomic E-state index is 12.6. The van der Waals surface area contributed by atoms with E-state index in [4.69, 9.17) is 0 Å². The van der Waals surface area contributed by atoms with Crippen LogP contribution in [0.3, 0.4) is 0 Å². The van der Waals surface area contributed by atoms with Crippen molar-refractivity contribution in [3.05, 3.63) is 64.2 Å². The number of para-hydroxylation sites is 1. The number of amides is 1. The summed E-state index contributed by atoms with van der Waals surface area (Å²) in [6.07, 6.45) is 3.51. The third kappa shape index (κ3) is 4.40. The van der Waals surface area contributed by atoms with Crippen molar-refractivity contribution >= 4 is 17.4 Å². The first-order chi connectivity index (χ1) is 12.5. The van der Waals surface area contributed by atoms with Gasteiger partial charge in [-0.05, 0) is 53.5 Å². The zero-order chi connectivity index (χ0) is 19.1. The number of aryl methyl sites for hydroxylation is 4. The van der Waals surface area contributed by atoms with Crippen molar-refractivity contribution in [1.82, 2.24) is 0 Å². The lowest BCUT2D eigenvalue weighted by atomic mass is 9.93. The van der Waals surface area contributed by atoms with Gasteiger partial charge >= 0.3 is 0 Å². The van der Waals surface area contributed by atoms with Gasteiger partial charge in [-0.2, -0.15) is 0 Å². The standard InChI is InChI=1S/C23H29NO2/c1-5-16-11-9-12-17(6-2)20(16)15-21(25)23(26)24-22-18(7-3)13-10-14-19(22)8-4/h9-14H,5-8,15H2,1-4H3,(H,24,26). The van der Waals surface area contributed by atoms with E-state index in [-0.39, 0.29) is 12.2 Å². The molecule has 2 aromatic rings. The largest absolute Gasteiger partial charge is 0.319 e. The zero-order valence-corrected chi connectivity index (χ0v) is 16.3. The molecule has 3 heteroatoms. The first kappa shape index (κ1) is 19.9. The van der Waals surface area contributed by atoms with Crippen LogP contribution in [0.1, 0.15) is 55.5 Å². The zero-order valence-electron chi connectivity index (χ0n) is 16.3. The number of nitrogens with one attached hydrogen (secondary N) is 1. The molecule has 0 heterocycles. The molecule has 2 aromatic carbocycles. The Hall–Kier alpha value is -2.42. The van der Waals surface area contributed by atoms with Gasteiger partial charge in [-0.1, -0.05) is 64.1 Å². The van der Waals surface area contributed by atoms with Gasteiger partial charge < -0.3 is 5.32 Å². The Balaban J connectivity index is 2.24. The van der Waals surface area contributed by atoms with E-state index in [0.717, 1.165) is 59.2 Å². The van der Waals surface area contributed by atoms with Crippen LogP contribution in [-0.4, -0.2) is 11.7 Å². The van der Waals surface area contributed by atoms with Crippen LogP contribution in [0.2, 0.25) is 0 Å². The molecule has 0 aromatic heterocycles. The second kappa shape index (κ2) is 9.33. The molecule has 0 aliphatic carbocycles. The summed E-state index contributed by atoms with van der Waals surface area (Å²) in [5.74, 6) is -0.901. The van der Waals surface area contributed by atoms with Crippen molar-refractivity contribution in [2.75, 3.05) is 5.32 Å². The third-order valence-corrected chi connectivity index (χ3v) is 4.96. The Morgan fingerprint density at radius 2 is 1.15 bits per heavy atom. The molecule has 0 bridgehead atoms. The van der Waals surface area contributed by atoms with E-state index in [0.29, 0.717) is 0 Å². The van der Waals surface area contributed by atoms with E-state index < -0.39 is 5.91 Å². The second-order valence-corrected chi connectivity index (χ2v) is 6.47. The number of hydrogen-bond donors (Lipinski definition) is 1. The van der Waals surface area contributed by atoms with Gasteiger partial charge in [-0.15, -0.1) is 0 Å². The quantitative estimate of drug-likeness (QED) is 0.702. The molecule has 0 fully saturated rings. The van der Waals surface area contributed by atoms with Crippen LogP contribution in [0.25, 0.3) is 0 Å². The van der Waals surface area contributed by atoms with Crippen molar-refractivity contribution in [3.8, 4) is 0 Å². The van der Waals surface area contributed by atoms with E-state index in [1.807, 2.05) is 36.4 Å². The van der Waals surface area contributed by atoms with Gasteiger partial charge in [0.15, 0.2) is 0 Å². The van der Waals surface area contributed by atoms with Crippen molar-refractivity contribution in [3.63, 3.8) is 0 Å².